The highest BCUT2D eigenvalue weighted by Crippen LogP contribution is 2.30. The van der Waals surface area contributed by atoms with Crippen molar-refractivity contribution in [2.45, 2.75) is 26.2 Å². The molecule has 0 saturated carbocycles. The van der Waals surface area contributed by atoms with Gasteiger partial charge in [-0.3, -0.25) is 4.79 Å². The highest BCUT2D eigenvalue weighted by atomic mass is 16.4. The van der Waals surface area contributed by atoms with Crippen LogP contribution in [-0.2, 0) is 4.79 Å². The number of urea groups is 1. The Kier molecular flexibility index (Phi) is 3.99. The van der Waals surface area contributed by atoms with Crippen LogP contribution in [0.5, 0.6) is 0 Å². The molecule has 0 aliphatic carbocycles. The van der Waals surface area contributed by atoms with Crippen LogP contribution >= 0.6 is 0 Å². The first-order chi connectivity index (χ1) is 8.96. The van der Waals surface area contributed by atoms with E-state index < -0.39 is 11.4 Å². The number of likely N-dealkylation sites (tertiary alicyclic amines) is 2. The maximum atomic E-state index is 12.3. The summed E-state index contributed by atoms with van der Waals surface area (Å²) in [7, 11) is 0. The quantitative estimate of drug-likeness (QED) is 0.770. The first-order valence-corrected chi connectivity index (χ1v) is 6.84. The average molecular weight is 270 g/mol. The van der Waals surface area contributed by atoms with Crippen molar-refractivity contribution in [3.63, 3.8) is 0 Å². The molecule has 0 aromatic rings. The predicted molar refractivity (Wildman–Crippen MR) is 68.7 cm³/mol. The van der Waals surface area contributed by atoms with Gasteiger partial charge in [-0.1, -0.05) is 0 Å². The minimum Gasteiger partial charge on any atom is -0.481 e. The van der Waals surface area contributed by atoms with Crippen LogP contribution in [0.25, 0.3) is 0 Å². The Morgan fingerprint density at radius 3 is 2.63 bits per heavy atom. The van der Waals surface area contributed by atoms with Gasteiger partial charge in [0.25, 0.3) is 0 Å². The fraction of sp³-hybridized carbons (Fsp3) is 0.846. The van der Waals surface area contributed by atoms with Gasteiger partial charge in [0.15, 0.2) is 0 Å². The molecule has 0 aromatic carbocycles. The van der Waals surface area contributed by atoms with Crippen molar-refractivity contribution in [2.75, 3.05) is 32.8 Å². The van der Waals surface area contributed by atoms with E-state index >= 15 is 0 Å². The molecule has 2 fully saturated rings. The lowest BCUT2D eigenvalue weighted by atomic mass is 9.82. The van der Waals surface area contributed by atoms with Crippen molar-refractivity contribution in [1.82, 2.24) is 9.80 Å². The Bertz CT molecular complexity index is 374. The zero-order valence-corrected chi connectivity index (χ0v) is 11.3. The number of carbonyl (C=O) groups is 2. The number of piperidine rings is 1. The van der Waals surface area contributed by atoms with E-state index in [1.807, 2.05) is 0 Å². The van der Waals surface area contributed by atoms with E-state index in [1.165, 1.54) is 0 Å². The highest BCUT2D eigenvalue weighted by molar-refractivity contribution is 5.78. The van der Waals surface area contributed by atoms with Gasteiger partial charge in [-0.15, -0.1) is 0 Å². The Morgan fingerprint density at radius 2 is 2.05 bits per heavy atom. The van der Waals surface area contributed by atoms with Crippen LogP contribution in [0.1, 0.15) is 26.2 Å². The Hall–Kier alpha value is -1.30. The molecule has 6 heteroatoms. The van der Waals surface area contributed by atoms with Gasteiger partial charge in [-0.25, -0.2) is 4.79 Å². The van der Waals surface area contributed by atoms with Crippen LogP contribution in [0, 0.1) is 11.3 Å². The molecule has 2 aliphatic heterocycles. The summed E-state index contributed by atoms with van der Waals surface area (Å²) in [5.74, 6) is -0.667. The number of carbonyl (C=O) groups excluding carboxylic acids is 1. The topological polar surface area (TPSA) is 81.1 Å². The van der Waals surface area contributed by atoms with Crippen LogP contribution in [0.2, 0.25) is 0 Å². The summed E-state index contributed by atoms with van der Waals surface area (Å²) in [5, 5.41) is 18.4. The van der Waals surface area contributed by atoms with Crippen LogP contribution in [0.15, 0.2) is 0 Å². The summed E-state index contributed by atoms with van der Waals surface area (Å²) >= 11 is 0. The Morgan fingerprint density at radius 1 is 1.32 bits per heavy atom. The summed E-state index contributed by atoms with van der Waals surface area (Å²) in [6.07, 6.45) is 2.17. The molecule has 2 unspecified atom stereocenters. The molecule has 0 spiro atoms. The molecule has 2 N–H and O–H groups in total. The number of amides is 2. The minimum atomic E-state index is -0.834. The Balaban J connectivity index is 1.98. The zero-order chi connectivity index (χ0) is 14.0. The molecule has 19 heavy (non-hydrogen) atoms. The molecule has 2 aliphatic rings. The molecular weight excluding hydrogens is 248 g/mol. The fourth-order valence-corrected chi connectivity index (χ4v) is 2.93. The van der Waals surface area contributed by atoms with Crippen molar-refractivity contribution >= 4 is 12.0 Å². The van der Waals surface area contributed by atoms with Crippen molar-refractivity contribution in [3.8, 4) is 0 Å². The van der Waals surface area contributed by atoms with E-state index in [9.17, 15) is 14.7 Å². The van der Waals surface area contributed by atoms with Crippen LogP contribution in [-0.4, -0.2) is 64.8 Å². The lowest BCUT2D eigenvalue weighted by Crippen LogP contribution is -2.52. The molecule has 0 radical (unpaired) electrons. The number of hydrogen-bond acceptors (Lipinski definition) is 3. The molecule has 108 valence electrons. The van der Waals surface area contributed by atoms with Gasteiger partial charge in [0, 0.05) is 38.7 Å². The number of nitrogens with zero attached hydrogens (tertiary/aromatic N) is 2. The average Bonchev–Trinajstić information content (AvgIpc) is 2.86. The molecule has 2 amide bonds. The first kappa shape index (κ1) is 14.1. The standard InChI is InChI=1S/C13H22N2O4/c1-13(11(17)18)4-2-5-15(9-13)12(19)14-6-3-10(7-14)8-16/h10,16H,2-9H2,1H3,(H,17,18). The van der Waals surface area contributed by atoms with E-state index in [0.717, 1.165) is 12.8 Å². The molecule has 2 heterocycles. The molecular formula is C13H22N2O4. The number of carboxylic acids is 1. The molecule has 2 rings (SSSR count). The van der Waals surface area contributed by atoms with Gasteiger partial charge in [0.1, 0.15) is 0 Å². The highest BCUT2D eigenvalue weighted by Gasteiger charge is 2.41. The van der Waals surface area contributed by atoms with Gasteiger partial charge >= 0.3 is 12.0 Å². The van der Waals surface area contributed by atoms with Gasteiger partial charge in [-0.2, -0.15) is 0 Å². The lowest BCUT2D eigenvalue weighted by Gasteiger charge is -2.39. The zero-order valence-electron chi connectivity index (χ0n) is 11.3. The summed E-state index contributed by atoms with van der Waals surface area (Å²) in [5.41, 5.74) is -0.829. The smallest absolute Gasteiger partial charge is 0.320 e. The van der Waals surface area contributed by atoms with E-state index in [-0.39, 0.29) is 25.1 Å². The fourth-order valence-electron chi connectivity index (χ4n) is 2.93. The molecule has 2 saturated heterocycles. The van der Waals surface area contributed by atoms with Crippen molar-refractivity contribution in [1.29, 1.82) is 0 Å². The summed E-state index contributed by atoms with van der Waals surface area (Å²) < 4.78 is 0. The second-order valence-corrected chi connectivity index (χ2v) is 5.96. The third-order valence-electron chi connectivity index (χ3n) is 4.30. The van der Waals surface area contributed by atoms with Crippen molar-refractivity contribution in [3.05, 3.63) is 0 Å². The van der Waals surface area contributed by atoms with Crippen LogP contribution in [0.4, 0.5) is 4.79 Å². The first-order valence-electron chi connectivity index (χ1n) is 6.84. The number of rotatable bonds is 2. The molecule has 0 aromatic heterocycles. The monoisotopic (exact) mass is 270 g/mol. The third-order valence-corrected chi connectivity index (χ3v) is 4.30. The summed E-state index contributed by atoms with van der Waals surface area (Å²) in [6, 6.07) is -0.0804. The Labute approximate surface area is 113 Å². The van der Waals surface area contributed by atoms with Gasteiger partial charge < -0.3 is 20.0 Å². The lowest BCUT2D eigenvalue weighted by molar-refractivity contribution is -0.150. The molecule has 2 atom stereocenters. The maximum absolute atomic E-state index is 12.3. The van der Waals surface area contributed by atoms with Gasteiger partial charge in [0.2, 0.25) is 0 Å². The minimum absolute atomic E-state index is 0.0804. The van der Waals surface area contributed by atoms with E-state index in [2.05, 4.69) is 0 Å². The summed E-state index contributed by atoms with van der Waals surface area (Å²) in [6.45, 7) is 3.95. The van der Waals surface area contributed by atoms with Crippen molar-refractivity contribution < 1.29 is 19.8 Å². The van der Waals surface area contributed by atoms with E-state index in [0.29, 0.717) is 26.1 Å². The van der Waals surface area contributed by atoms with E-state index in [4.69, 9.17) is 5.11 Å². The van der Waals surface area contributed by atoms with Crippen molar-refractivity contribution in [2.24, 2.45) is 11.3 Å². The molecule has 6 nitrogen and oxygen atoms in total. The number of carboxylic acid groups (broad SMARTS) is 1. The van der Waals surface area contributed by atoms with Gasteiger partial charge in [0.05, 0.1) is 5.41 Å². The normalized spacial score (nSPS) is 31.6. The number of aliphatic hydroxyl groups excluding tert-OH is 1. The van der Waals surface area contributed by atoms with Crippen LogP contribution in [0.3, 0.4) is 0 Å². The largest absolute Gasteiger partial charge is 0.481 e. The predicted octanol–water partition coefficient (Wildman–Crippen LogP) is 0.607. The van der Waals surface area contributed by atoms with E-state index in [1.54, 1.807) is 16.7 Å². The third kappa shape index (κ3) is 2.83. The SMILES string of the molecule is CC1(C(=O)O)CCCN(C(=O)N2CCC(CO)C2)C1. The second kappa shape index (κ2) is 5.36. The maximum Gasteiger partial charge on any atom is 0.320 e. The van der Waals surface area contributed by atoms with Gasteiger partial charge in [-0.05, 0) is 26.2 Å². The number of hydrogen-bond donors (Lipinski definition) is 2. The second-order valence-electron chi connectivity index (χ2n) is 5.96. The molecule has 0 bridgehead atoms. The van der Waals surface area contributed by atoms with Crippen LogP contribution < -0.4 is 0 Å². The number of aliphatic carboxylic acids is 1. The summed E-state index contributed by atoms with van der Waals surface area (Å²) in [4.78, 5) is 27.0. The number of aliphatic hydroxyl groups is 1.